The van der Waals surface area contributed by atoms with Crippen molar-refractivity contribution in [1.29, 1.82) is 0 Å². The normalized spacial score (nSPS) is 49.2. The van der Waals surface area contributed by atoms with Crippen LogP contribution in [0.1, 0.15) is 6.92 Å². The molecule has 0 spiro atoms. The fourth-order valence-corrected chi connectivity index (χ4v) is 0.226. The molecule has 1 aliphatic rings. The molecule has 1 saturated carbocycles. The Morgan fingerprint density at radius 2 is 2.00 bits per heavy atom. The molecule has 1 fully saturated rings. The first-order chi connectivity index (χ1) is 2.30. The molecule has 0 N–H and O–H groups in total. The maximum absolute atomic E-state index is 11.4. The van der Waals surface area contributed by atoms with E-state index in [1.54, 1.807) is 6.42 Å². The molecule has 0 heterocycles. The summed E-state index contributed by atoms with van der Waals surface area (Å²) in [5.74, 6) is 0.259. The fourth-order valence-electron chi connectivity index (χ4n) is 0.226. The van der Waals surface area contributed by atoms with E-state index in [9.17, 15) is 4.39 Å². The van der Waals surface area contributed by atoms with E-state index in [4.69, 9.17) is 0 Å². The van der Waals surface area contributed by atoms with Crippen LogP contribution >= 0.6 is 0 Å². The second kappa shape index (κ2) is 0.703. The van der Waals surface area contributed by atoms with E-state index in [0.717, 1.165) is 0 Å². The second-order valence-electron chi connectivity index (χ2n) is 1.50. The maximum Gasteiger partial charge on any atom is 0.107 e. The Balaban J connectivity index is 2.20. The molecule has 0 aromatic heterocycles. The molecule has 2 unspecified atom stereocenters. The van der Waals surface area contributed by atoms with E-state index in [-0.39, 0.29) is 5.92 Å². The lowest BCUT2D eigenvalue weighted by atomic mass is 10.5. The van der Waals surface area contributed by atoms with Gasteiger partial charge in [0.25, 0.3) is 0 Å². The molecule has 0 aromatic carbocycles. The lowest BCUT2D eigenvalue weighted by molar-refractivity contribution is 0.461. The molecule has 0 bridgehead atoms. The van der Waals surface area contributed by atoms with Crippen LogP contribution in [0.5, 0.6) is 0 Å². The smallest absolute Gasteiger partial charge is 0.107 e. The molecular weight excluding hydrogens is 67.0 g/mol. The van der Waals surface area contributed by atoms with Crippen molar-refractivity contribution in [3.63, 3.8) is 0 Å². The molecule has 5 heavy (non-hydrogen) atoms. The molecule has 0 aromatic rings. The Morgan fingerprint density at radius 1 is 1.80 bits per heavy atom. The predicted octanol–water partition coefficient (Wildman–Crippen LogP) is 1.18. The quantitative estimate of drug-likeness (QED) is 0.404. The van der Waals surface area contributed by atoms with Gasteiger partial charge in [0.1, 0.15) is 6.17 Å². The van der Waals surface area contributed by atoms with Crippen LogP contribution in [0, 0.1) is 12.3 Å². The van der Waals surface area contributed by atoms with Crippen molar-refractivity contribution in [2.45, 2.75) is 13.1 Å². The fraction of sp³-hybridized carbons (Fsp3) is 0.750. The number of rotatable bonds is 0. The molecule has 0 amide bonds. The molecule has 2 atom stereocenters. The maximum atomic E-state index is 11.4. The molecular formula is C4H6F. The number of halogens is 1. The van der Waals surface area contributed by atoms with Crippen LogP contribution in [-0.2, 0) is 0 Å². The summed E-state index contributed by atoms with van der Waals surface area (Å²) in [7, 11) is 0. The highest BCUT2D eigenvalue weighted by Crippen LogP contribution is 2.30. The third-order valence-electron chi connectivity index (χ3n) is 0.849. The summed E-state index contributed by atoms with van der Waals surface area (Å²) in [6.45, 7) is 1.87. The average molecular weight is 73.1 g/mol. The Morgan fingerprint density at radius 3 is 2.00 bits per heavy atom. The first-order valence-electron chi connectivity index (χ1n) is 1.80. The van der Waals surface area contributed by atoms with Crippen molar-refractivity contribution < 1.29 is 4.39 Å². The van der Waals surface area contributed by atoms with Gasteiger partial charge in [0.05, 0.1) is 0 Å². The third-order valence-corrected chi connectivity index (χ3v) is 0.849. The molecule has 1 radical (unpaired) electrons. The van der Waals surface area contributed by atoms with Crippen LogP contribution in [0.2, 0.25) is 0 Å². The van der Waals surface area contributed by atoms with Gasteiger partial charge in [-0.3, -0.25) is 0 Å². The first-order valence-corrected chi connectivity index (χ1v) is 1.80. The van der Waals surface area contributed by atoms with E-state index < -0.39 is 6.17 Å². The van der Waals surface area contributed by atoms with Gasteiger partial charge in [-0.2, -0.15) is 0 Å². The standard InChI is InChI=1S/C4H6F/c1-3-2-4(3)5/h2-4H,1H3. The van der Waals surface area contributed by atoms with E-state index in [2.05, 4.69) is 0 Å². The van der Waals surface area contributed by atoms with Gasteiger partial charge in [-0.25, -0.2) is 4.39 Å². The minimum absolute atomic E-state index is 0.259. The van der Waals surface area contributed by atoms with E-state index in [1.165, 1.54) is 0 Å². The van der Waals surface area contributed by atoms with Crippen LogP contribution in [-0.4, -0.2) is 6.17 Å². The Hall–Kier alpha value is -0.0700. The van der Waals surface area contributed by atoms with Crippen molar-refractivity contribution in [1.82, 2.24) is 0 Å². The van der Waals surface area contributed by atoms with E-state index in [1.807, 2.05) is 6.92 Å². The summed E-state index contributed by atoms with van der Waals surface area (Å²) < 4.78 is 11.4. The van der Waals surface area contributed by atoms with Crippen molar-refractivity contribution in [3.05, 3.63) is 6.42 Å². The summed E-state index contributed by atoms with van der Waals surface area (Å²) in [5, 5.41) is 0. The second-order valence-corrected chi connectivity index (χ2v) is 1.50. The third kappa shape index (κ3) is 0.416. The van der Waals surface area contributed by atoms with Crippen LogP contribution in [0.4, 0.5) is 4.39 Å². The molecule has 1 rings (SSSR count). The van der Waals surface area contributed by atoms with Gasteiger partial charge in [-0.1, -0.05) is 6.92 Å². The summed E-state index contributed by atoms with van der Waals surface area (Å²) in [5.41, 5.74) is 0. The van der Waals surface area contributed by atoms with Gasteiger partial charge >= 0.3 is 0 Å². The van der Waals surface area contributed by atoms with E-state index >= 15 is 0 Å². The molecule has 0 nitrogen and oxygen atoms in total. The zero-order valence-electron chi connectivity index (χ0n) is 3.11. The largest absolute Gasteiger partial charge is 0.247 e. The van der Waals surface area contributed by atoms with Gasteiger partial charge in [0.2, 0.25) is 0 Å². The summed E-state index contributed by atoms with van der Waals surface area (Å²) in [6.07, 6.45) is 1.09. The lowest BCUT2D eigenvalue weighted by Crippen LogP contribution is -1.63. The van der Waals surface area contributed by atoms with Crippen molar-refractivity contribution in [3.8, 4) is 0 Å². The van der Waals surface area contributed by atoms with Gasteiger partial charge in [0.15, 0.2) is 0 Å². The Bertz CT molecular complexity index is 36.9. The average Bonchev–Trinajstić information content (AvgIpc) is 1.79. The highest BCUT2D eigenvalue weighted by atomic mass is 19.1. The monoisotopic (exact) mass is 73.0 g/mol. The predicted molar refractivity (Wildman–Crippen MR) is 18.4 cm³/mol. The van der Waals surface area contributed by atoms with Gasteiger partial charge in [0, 0.05) is 6.42 Å². The van der Waals surface area contributed by atoms with Crippen LogP contribution in [0.15, 0.2) is 0 Å². The van der Waals surface area contributed by atoms with Crippen molar-refractivity contribution in [2.24, 2.45) is 5.92 Å². The highest BCUT2D eigenvalue weighted by molar-refractivity contribution is 5.03. The first kappa shape index (κ1) is 3.13. The topological polar surface area (TPSA) is 0 Å². The molecule has 29 valence electrons. The number of hydrogen-bond acceptors (Lipinski definition) is 0. The van der Waals surface area contributed by atoms with Crippen LogP contribution in [0.3, 0.4) is 0 Å². The van der Waals surface area contributed by atoms with Gasteiger partial charge < -0.3 is 0 Å². The minimum atomic E-state index is -0.574. The van der Waals surface area contributed by atoms with Gasteiger partial charge in [-0.05, 0) is 5.92 Å². The van der Waals surface area contributed by atoms with Gasteiger partial charge in [-0.15, -0.1) is 0 Å². The number of hydrogen-bond donors (Lipinski definition) is 0. The zero-order chi connectivity index (χ0) is 3.86. The summed E-state index contributed by atoms with van der Waals surface area (Å²) >= 11 is 0. The van der Waals surface area contributed by atoms with Crippen LogP contribution < -0.4 is 0 Å². The lowest BCUT2D eigenvalue weighted by Gasteiger charge is -1.63. The molecule has 0 saturated heterocycles. The zero-order valence-corrected chi connectivity index (χ0v) is 3.11. The summed E-state index contributed by atoms with van der Waals surface area (Å²) in [4.78, 5) is 0. The Labute approximate surface area is 31.0 Å². The van der Waals surface area contributed by atoms with Crippen molar-refractivity contribution >= 4 is 0 Å². The summed E-state index contributed by atoms with van der Waals surface area (Å²) in [6, 6.07) is 0. The van der Waals surface area contributed by atoms with E-state index in [0.29, 0.717) is 0 Å². The van der Waals surface area contributed by atoms with Crippen LogP contribution in [0.25, 0.3) is 0 Å². The highest BCUT2D eigenvalue weighted by Gasteiger charge is 2.32. The molecule has 0 aliphatic heterocycles. The Kier molecular flexibility index (Phi) is 0.440. The molecule has 1 heteroatoms. The van der Waals surface area contributed by atoms with Crippen molar-refractivity contribution in [2.75, 3.05) is 0 Å². The SMILES string of the molecule is CC1[CH]C1F. The minimum Gasteiger partial charge on any atom is -0.247 e. The molecule has 1 aliphatic carbocycles. The number of alkyl halides is 1.